The van der Waals surface area contributed by atoms with E-state index in [0.29, 0.717) is 16.5 Å². The number of rotatable bonds is 5. The molecule has 20 heavy (non-hydrogen) atoms. The molecule has 5 heteroatoms. The summed E-state index contributed by atoms with van der Waals surface area (Å²) in [6.07, 6.45) is 0. The van der Waals surface area contributed by atoms with E-state index in [9.17, 15) is 0 Å². The third kappa shape index (κ3) is 2.77. The summed E-state index contributed by atoms with van der Waals surface area (Å²) in [5, 5.41) is 3.82. The van der Waals surface area contributed by atoms with Crippen molar-refractivity contribution in [1.29, 1.82) is 0 Å². The Morgan fingerprint density at radius 1 is 1.15 bits per heavy atom. The van der Waals surface area contributed by atoms with Crippen molar-refractivity contribution in [1.82, 2.24) is 5.32 Å². The lowest BCUT2D eigenvalue weighted by Gasteiger charge is -2.20. The van der Waals surface area contributed by atoms with Crippen LogP contribution in [0, 0.1) is 6.92 Å². The topological polar surface area (TPSA) is 30.5 Å². The zero-order chi connectivity index (χ0) is 14.7. The number of thiophene rings is 1. The average Bonchev–Trinajstić information content (AvgIpc) is 2.86. The molecule has 0 aliphatic rings. The monoisotopic (exact) mass is 311 g/mol. The van der Waals surface area contributed by atoms with Crippen molar-refractivity contribution >= 4 is 22.9 Å². The molecule has 0 amide bonds. The van der Waals surface area contributed by atoms with Crippen molar-refractivity contribution in [3.8, 4) is 11.5 Å². The molecule has 2 rings (SSSR count). The van der Waals surface area contributed by atoms with Gasteiger partial charge in [0, 0.05) is 15.3 Å². The minimum Gasteiger partial charge on any atom is -0.495 e. The molecule has 1 aromatic carbocycles. The Morgan fingerprint density at radius 2 is 1.90 bits per heavy atom. The standard InChI is InChI=1S/C15H18ClNO2S/c1-9-5-8-12(20-9)14(17-2)10-6-7-11(18-3)13(16)15(10)19-4/h5-8,14,17H,1-4H3. The van der Waals surface area contributed by atoms with Crippen LogP contribution in [0.4, 0.5) is 0 Å². The Kier molecular flexibility index (Phi) is 4.91. The van der Waals surface area contributed by atoms with Crippen LogP contribution in [0.1, 0.15) is 21.4 Å². The number of halogens is 1. The molecule has 1 unspecified atom stereocenters. The number of methoxy groups -OCH3 is 2. The van der Waals surface area contributed by atoms with Crippen molar-refractivity contribution in [3.63, 3.8) is 0 Å². The first kappa shape index (κ1) is 15.2. The van der Waals surface area contributed by atoms with Crippen LogP contribution >= 0.6 is 22.9 Å². The van der Waals surface area contributed by atoms with Crippen molar-refractivity contribution in [2.45, 2.75) is 13.0 Å². The van der Waals surface area contributed by atoms with Gasteiger partial charge in [-0.05, 0) is 38.2 Å². The largest absolute Gasteiger partial charge is 0.495 e. The summed E-state index contributed by atoms with van der Waals surface area (Å²) in [6.45, 7) is 2.10. The summed E-state index contributed by atoms with van der Waals surface area (Å²) >= 11 is 8.09. The Hall–Kier alpha value is -1.23. The third-order valence-electron chi connectivity index (χ3n) is 3.16. The fourth-order valence-electron chi connectivity index (χ4n) is 2.20. The van der Waals surface area contributed by atoms with Gasteiger partial charge in [0.1, 0.15) is 16.5 Å². The van der Waals surface area contributed by atoms with Crippen LogP contribution in [0.15, 0.2) is 24.3 Å². The van der Waals surface area contributed by atoms with Crippen LogP contribution in [-0.2, 0) is 0 Å². The maximum atomic E-state index is 6.33. The molecule has 2 aromatic rings. The second-order valence-corrected chi connectivity index (χ2v) is 6.07. The van der Waals surface area contributed by atoms with Crippen molar-refractivity contribution in [2.24, 2.45) is 0 Å². The predicted molar refractivity (Wildman–Crippen MR) is 84.5 cm³/mol. The number of aryl methyl sites for hydroxylation is 1. The van der Waals surface area contributed by atoms with Gasteiger partial charge in [-0.3, -0.25) is 0 Å². The van der Waals surface area contributed by atoms with E-state index in [0.717, 1.165) is 5.56 Å². The molecule has 1 heterocycles. The Morgan fingerprint density at radius 3 is 2.40 bits per heavy atom. The van der Waals surface area contributed by atoms with E-state index < -0.39 is 0 Å². The highest BCUT2D eigenvalue weighted by Gasteiger charge is 2.22. The van der Waals surface area contributed by atoms with Gasteiger partial charge in [-0.2, -0.15) is 0 Å². The lowest BCUT2D eigenvalue weighted by Crippen LogP contribution is -2.17. The average molecular weight is 312 g/mol. The van der Waals surface area contributed by atoms with Crippen LogP contribution in [0.5, 0.6) is 11.5 Å². The lowest BCUT2D eigenvalue weighted by molar-refractivity contribution is 0.389. The van der Waals surface area contributed by atoms with Gasteiger partial charge in [0.05, 0.1) is 20.3 Å². The molecular weight excluding hydrogens is 294 g/mol. The first-order valence-corrected chi connectivity index (χ1v) is 7.45. The normalized spacial score (nSPS) is 12.2. The summed E-state index contributed by atoms with van der Waals surface area (Å²) in [6, 6.07) is 8.14. The minimum atomic E-state index is 0.0482. The van der Waals surface area contributed by atoms with Gasteiger partial charge in [-0.15, -0.1) is 11.3 Å². The van der Waals surface area contributed by atoms with E-state index in [4.69, 9.17) is 21.1 Å². The number of ether oxygens (including phenoxy) is 2. The van der Waals surface area contributed by atoms with Gasteiger partial charge in [0.15, 0.2) is 0 Å². The molecule has 1 atom stereocenters. The van der Waals surface area contributed by atoms with Crippen molar-refractivity contribution in [2.75, 3.05) is 21.3 Å². The maximum absolute atomic E-state index is 6.33. The zero-order valence-corrected chi connectivity index (χ0v) is 13.6. The number of hydrogen-bond donors (Lipinski definition) is 1. The molecule has 3 nitrogen and oxygen atoms in total. The molecule has 0 radical (unpaired) electrons. The van der Waals surface area contributed by atoms with Crippen molar-refractivity contribution in [3.05, 3.63) is 44.6 Å². The number of hydrogen-bond acceptors (Lipinski definition) is 4. The predicted octanol–water partition coefficient (Wildman–Crippen LogP) is 4.04. The molecule has 1 aromatic heterocycles. The van der Waals surface area contributed by atoms with Crippen LogP contribution < -0.4 is 14.8 Å². The summed E-state index contributed by atoms with van der Waals surface area (Å²) in [5.74, 6) is 1.26. The highest BCUT2D eigenvalue weighted by Crippen LogP contribution is 2.41. The van der Waals surface area contributed by atoms with Gasteiger partial charge >= 0.3 is 0 Å². The third-order valence-corrected chi connectivity index (χ3v) is 4.58. The van der Waals surface area contributed by atoms with Crippen molar-refractivity contribution < 1.29 is 9.47 Å². The molecule has 108 valence electrons. The molecule has 0 fully saturated rings. The minimum absolute atomic E-state index is 0.0482. The van der Waals surface area contributed by atoms with Gasteiger partial charge in [-0.1, -0.05) is 11.6 Å². The van der Waals surface area contributed by atoms with Crippen LogP contribution in [0.3, 0.4) is 0 Å². The number of benzene rings is 1. The Labute approximate surface area is 128 Å². The molecule has 0 bridgehead atoms. The second-order valence-electron chi connectivity index (χ2n) is 4.37. The zero-order valence-electron chi connectivity index (χ0n) is 12.0. The second kappa shape index (κ2) is 6.48. The van der Waals surface area contributed by atoms with Crippen LogP contribution in [-0.4, -0.2) is 21.3 Å². The van der Waals surface area contributed by atoms with E-state index in [1.165, 1.54) is 9.75 Å². The molecule has 0 spiro atoms. The van der Waals surface area contributed by atoms with Gasteiger partial charge in [0.25, 0.3) is 0 Å². The van der Waals surface area contributed by atoms with Gasteiger partial charge in [-0.25, -0.2) is 0 Å². The first-order chi connectivity index (χ1) is 9.62. The highest BCUT2D eigenvalue weighted by atomic mass is 35.5. The fourth-order valence-corrected chi connectivity index (χ4v) is 3.54. The summed E-state index contributed by atoms with van der Waals surface area (Å²) < 4.78 is 10.7. The maximum Gasteiger partial charge on any atom is 0.146 e. The van der Waals surface area contributed by atoms with Crippen LogP contribution in [0.2, 0.25) is 5.02 Å². The highest BCUT2D eigenvalue weighted by molar-refractivity contribution is 7.12. The van der Waals surface area contributed by atoms with E-state index in [1.54, 1.807) is 25.6 Å². The number of nitrogens with one attached hydrogen (secondary N) is 1. The van der Waals surface area contributed by atoms with E-state index >= 15 is 0 Å². The molecule has 0 saturated heterocycles. The van der Waals surface area contributed by atoms with E-state index in [-0.39, 0.29) is 6.04 Å². The smallest absolute Gasteiger partial charge is 0.146 e. The lowest BCUT2D eigenvalue weighted by atomic mass is 10.0. The molecule has 0 aliphatic carbocycles. The molecule has 1 N–H and O–H groups in total. The van der Waals surface area contributed by atoms with Crippen LogP contribution in [0.25, 0.3) is 0 Å². The first-order valence-electron chi connectivity index (χ1n) is 6.26. The molecular formula is C15H18ClNO2S. The van der Waals surface area contributed by atoms with E-state index in [1.807, 2.05) is 19.2 Å². The molecule has 0 saturated carbocycles. The summed E-state index contributed by atoms with van der Waals surface area (Å²) in [4.78, 5) is 2.50. The van der Waals surface area contributed by atoms with Gasteiger partial charge < -0.3 is 14.8 Å². The van der Waals surface area contributed by atoms with E-state index in [2.05, 4.69) is 24.4 Å². The summed E-state index contributed by atoms with van der Waals surface area (Å²) in [7, 11) is 5.15. The summed E-state index contributed by atoms with van der Waals surface area (Å²) in [5.41, 5.74) is 1.00. The Balaban J connectivity index is 2.52. The Bertz CT molecular complexity index is 598. The van der Waals surface area contributed by atoms with Gasteiger partial charge in [0.2, 0.25) is 0 Å². The molecule has 0 aliphatic heterocycles. The fraction of sp³-hybridized carbons (Fsp3) is 0.333. The quantitative estimate of drug-likeness (QED) is 0.904. The SMILES string of the molecule is CNC(c1ccc(C)s1)c1ccc(OC)c(Cl)c1OC.